The van der Waals surface area contributed by atoms with Gasteiger partial charge in [0.1, 0.15) is 6.61 Å². The van der Waals surface area contributed by atoms with E-state index in [-0.39, 0.29) is 18.6 Å². The first kappa shape index (κ1) is 18.6. The molecule has 1 aromatic heterocycles. The van der Waals surface area contributed by atoms with Crippen molar-refractivity contribution in [2.75, 3.05) is 26.9 Å². The molecule has 26 heavy (non-hydrogen) atoms. The number of para-hydroxylation sites is 1. The van der Waals surface area contributed by atoms with Crippen LogP contribution in [0.5, 0.6) is 0 Å². The van der Waals surface area contributed by atoms with E-state index in [9.17, 15) is 4.79 Å². The molecule has 1 atom stereocenters. The van der Waals surface area contributed by atoms with Crippen LogP contribution in [0.25, 0.3) is 5.69 Å². The molecule has 0 radical (unpaired) electrons. The van der Waals surface area contributed by atoms with Gasteiger partial charge < -0.3 is 14.4 Å². The Balaban J connectivity index is 1.47. The summed E-state index contributed by atoms with van der Waals surface area (Å²) >= 11 is 0. The second-order valence-electron chi connectivity index (χ2n) is 6.83. The normalized spacial score (nSPS) is 17.2. The molecule has 0 spiro atoms. The summed E-state index contributed by atoms with van der Waals surface area (Å²) in [5.74, 6) is -0.0375. The van der Waals surface area contributed by atoms with Crippen molar-refractivity contribution in [2.45, 2.75) is 38.8 Å². The van der Waals surface area contributed by atoms with Crippen LogP contribution in [0.15, 0.2) is 36.7 Å². The quantitative estimate of drug-likeness (QED) is 0.765. The third-order valence-electron chi connectivity index (χ3n) is 4.65. The highest BCUT2D eigenvalue weighted by Crippen LogP contribution is 2.14. The van der Waals surface area contributed by atoms with Gasteiger partial charge in [0.2, 0.25) is 5.91 Å². The van der Waals surface area contributed by atoms with E-state index in [1.807, 2.05) is 29.1 Å². The number of aryl methyl sites for hydroxylation is 1. The van der Waals surface area contributed by atoms with Crippen LogP contribution in [0.1, 0.15) is 30.4 Å². The number of ether oxygens (including phenoxy) is 2. The largest absolute Gasteiger partial charge is 0.376 e. The zero-order valence-electron chi connectivity index (χ0n) is 15.6. The minimum atomic E-state index is -0.0375. The summed E-state index contributed by atoms with van der Waals surface area (Å²) in [7, 11) is 1.79. The van der Waals surface area contributed by atoms with Crippen molar-refractivity contribution in [3.05, 3.63) is 47.8 Å². The van der Waals surface area contributed by atoms with Crippen LogP contribution in [0.2, 0.25) is 0 Å². The molecule has 1 saturated heterocycles. The first-order valence-corrected chi connectivity index (χ1v) is 9.16. The Kier molecular flexibility index (Phi) is 6.41. The van der Waals surface area contributed by atoms with Crippen molar-refractivity contribution in [1.82, 2.24) is 14.7 Å². The van der Waals surface area contributed by atoms with Crippen LogP contribution in [0, 0.1) is 6.92 Å². The highest BCUT2D eigenvalue weighted by molar-refractivity contribution is 5.77. The van der Waals surface area contributed by atoms with E-state index in [0.717, 1.165) is 36.3 Å². The summed E-state index contributed by atoms with van der Waals surface area (Å²) in [6.07, 6.45) is 7.20. The highest BCUT2D eigenvalue weighted by Gasteiger charge is 2.16. The molecule has 1 aliphatic rings. The number of aromatic nitrogens is 2. The fourth-order valence-electron chi connectivity index (χ4n) is 3.08. The molecular weight excluding hydrogens is 330 g/mol. The minimum absolute atomic E-state index is 0.0375. The number of amides is 1. The fraction of sp³-hybridized carbons (Fsp3) is 0.500. The Hall–Kier alpha value is -2.18. The van der Waals surface area contributed by atoms with Crippen molar-refractivity contribution in [3.8, 4) is 5.69 Å². The molecule has 2 heterocycles. The van der Waals surface area contributed by atoms with Gasteiger partial charge in [-0.05, 0) is 37.8 Å². The van der Waals surface area contributed by atoms with E-state index in [1.54, 1.807) is 18.1 Å². The lowest BCUT2D eigenvalue weighted by Crippen LogP contribution is -2.32. The summed E-state index contributed by atoms with van der Waals surface area (Å²) in [6.45, 7) is 3.94. The Labute approximate surface area is 154 Å². The van der Waals surface area contributed by atoms with Gasteiger partial charge in [-0.15, -0.1) is 0 Å². The number of hydrogen-bond acceptors (Lipinski definition) is 4. The van der Waals surface area contributed by atoms with E-state index < -0.39 is 0 Å². The second kappa shape index (κ2) is 8.96. The number of rotatable bonds is 7. The molecule has 0 unspecified atom stereocenters. The predicted octanol–water partition coefficient (Wildman–Crippen LogP) is 2.72. The maximum Gasteiger partial charge on any atom is 0.248 e. The van der Waals surface area contributed by atoms with Crippen LogP contribution in [-0.4, -0.2) is 53.6 Å². The lowest BCUT2D eigenvalue weighted by Gasteiger charge is -2.23. The zero-order chi connectivity index (χ0) is 18.4. The second-order valence-corrected chi connectivity index (χ2v) is 6.83. The molecule has 1 aliphatic heterocycles. The van der Waals surface area contributed by atoms with E-state index in [1.165, 1.54) is 6.42 Å². The molecule has 0 saturated carbocycles. The Morgan fingerprint density at radius 1 is 1.38 bits per heavy atom. The summed E-state index contributed by atoms with van der Waals surface area (Å²) in [6, 6.07) is 8.09. The minimum Gasteiger partial charge on any atom is -0.376 e. The summed E-state index contributed by atoms with van der Waals surface area (Å²) in [5.41, 5.74) is 3.19. The standard InChI is InChI=1S/C20H27N3O3/c1-16-7-3-4-9-19(16)23-13-17(11-21-23)12-22(2)20(24)15-25-14-18-8-5-6-10-26-18/h3-4,7,9,11,13,18H,5-6,8,10,12,14-15H2,1-2H3/t18-/m0/s1. The van der Waals surface area contributed by atoms with Gasteiger partial charge in [0.25, 0.3) is 0 Å². The highest BCUT2D eigenvalue weighted by atomic mass is 16.5. The maximum atomic E-state index is 12.3. The average molecular weight is 357 g/mol. The van der Waals surface area contributed by atoms with Crippen molar-refractivity contribution < 1.29 is 14.3 Å². The summed E-state index contributed by atoms with van der Waals surface area (Å²) < 4.78 is 13.0. The molecule has 6 nitrogen and oxygen atoms in total. The summed E-state index contributed by atoms with van der Waals surface area (Å²) in [4.78, 5) is 13.9. The molecular formula is C20H27N3O3. The van der Waals surface area contributed by atoms with Gasteiger partial charge in [0, 0.05) is 32.0 Å². The first-order valence-electron chi connectivity index (χ1n) is 9.16. The molecule has 1 fully saturated rings. The lowest BCUT2D eigenvalue weighted by atomic mass is 10.1. The Morgan fingerprint density at radius 3 is 3.00 bits per heavy atom. The van der Waals surface area contributed by atoms with Crippen LogP contribution >= 0.6 is 0 Å². The third-order valence-corrected chi connectivity index (χ3v) is 4.65. The molecule has 0 N–H and O–H groups in total. The SMILES string of the molecule is Cc1ccccc1-n1cc(CN(C)C(=O)COC[C@@H]2CCCCO2)cn1. The van der Waals surface area contributed by atoms with Crippen molar-refractivity contribution in [2.24, 2.45) is 0 Å². The van der Waals surface area contributed by atoms with E-state index in [0.29, 0.717) is 13.2 Å². The fourth-order valence-corrected chi connectivity index (χ4v) is 3.08. The van der Waals surface area contributed by atoms with Crippen molar-refractivity contribution in [3.63, 3.8) is 0 Å². The van der Waals surface area contributed by atoms with Gasteiger partial charge in [-0.3, -0.25) is 4.79 Å². The van der Waals surface area contributed by atoms with Crippen LogP contribution in [-0.2, 0) is 20.8 Å². The number of carbonyl (C=O) groups excluding carboxylic acids is 1. The van der Waals surface area contributed by atoms with Gasteiger partial charge in [-0.25, -0.2) is 4.68 Å². The molecule has 0 aliphatic carbocycles. The van der Waals surface area contributed by atoms with Gasteiger partial charge in [-0.1, -0.05) is 18.2 Å². The molecule has 1 amide bonds. The lowest BCUT2D eigenvalue weighted by molar-refractivity contribution is -0.137. The van der Waals surface area contributed by atoms with Crippen LogP contribution < -0.4 is 0 Å². The topological polar surface area (TPSA) is 56.6 Å². The first-order chi connectivity index (χ1) is 12.6. The van der Waals surface area contributed by atoms with Crippen LogP contribution in [0.3, 0.4) is 0 Å². The predicted molar refractivity (Wildman–Crippen MR) is 99.2 cm³/mol. The van der Waals surface area contributed by atoms with Gasteiger partial charge in [0.05, 0.1) is 24.6 Å². The number of likely N-dealkylation sites (N-methyl/N-ethyl adjacent to an activating group) is 1. The molecule has 2 aromatic rings. The van der Waals surface area contributed by atoms with E-state index in [2.05, 4.69) is 18.1 Å². The van der Waals surface area contributed by atoms with Crippen molar-refractivity contribution >= 4 is 5.91 Å². The van der Waals surface area contributed by atoms with Gasteiger partial charge in [0.15, 0.2) is 0 Å². The number of benzene rings is 1. The summed E-state index contributed by atoms with van der Waals surface area (Å²) in [5, 5.41) is 4.41. The van der Waals surface area contributed by atoms with E-state index in [4.69, 9.17) is 9.47 Å². The van der Waals surface area contributed by atoms with E-state index >= 15 is 0 Å². The molecule has 1 aromatic carbocycles. The number of nitrogens with zero attached hydrogens (tertiary/aromatic N) is 3. The smallest absolute Gasteiger partial charge is 0.248 e. The maximum absolute atomic E-state index is 12.3. The molecule has 0 bridgehead atoms. The number of hydrogen-bond donors (Lipinski definition) is 0. The van der Waals surface area contributed by atoms with Crippen LogP contribution in [0.4, 0.5) is 0 Å². The zero-order valence-corrected chi connectivity index (χ0v) is 15.6. The Bertz CT molecular complexity index is 723. The molecule has 140 valence electrons. The van der Waals surface area contributed by atoms with Gasteiger partial charge in [-0.2, -0.15) is 5.10 Å². The average Bonchev–Trinajstić information content (AvgIpc) is 3.11. The third kappa shape index (κ3) is 4.93. The Morgan fingerprint density at radius 2 is 2.23 bits per heavy atom. The van der Waals surface area contributed by atoms with Crippen molar-refractivity contribution in [1.29, 1.82) is 0 Å². The number of carbonyl (C=O) groups is 1. The monoisotopic (exact) mass is 357 g/mol. The molecule has 3 rings (SSSR count). The molecule has 6 heteroatoms. The van der Waals surface area contributed by atoms with Gasteiger partial charge >= 0.3 is 0 Å².